The van der Waals surface area contributed by atoms with Gasteiger partial charge in [0.2, 0.25) is 0 Å². The van der Waals surface area contributed by atoms with Crippen molar-refractivity contribution in [2.24, 2.45) is 23.7 Å². The van der Waals surface area contributed by atoms with Gasteiger partial charge in [-0.15, -0.1) is 0 Å². The Morgan fingerprint density at radius 3 is 2.80 bits per heavy atom. The molecule has 0 saturated heterocycles. The van der Waals surface area contributed by atoms with Crippen molar-refractivity contribution in [1.82, 2.24) is 0 Å². The Morgan fingerprint density at radius 1 is 1.27 bits per heavy atom. The first-order valence-corrected chi connectivity index (χ1v) is 5.86. The molecule has 3 nitrogen and oxygen atoms in total. The fraction of sp³-hybridized carbons (Fsp3) is 0.833. The van der Waals surface area contributed by atoms with Crippen molar-refractivity contribution in [3.63, 3.8) is 0 Å². The molecule has 0 amide bonds. The molecule has 82 valence electrons. The minimum Gasteiger partial charge on any atom is -0.461 e. The molecule has 4 saturated carbocycles. The molecule has 4 bridgehead atoms. The minimum atomic E-state index is -0.236. The van der Waals surface area contributed by atoms with Crippen molar-refractivity contribution in [3.8, 4) is 0 Å². The Labute approximate surface area is 89.2 Å². The lowest BCUT2D eigenvalue weighted by Crippen LogP contribution is -2.55. The van der Waals surface area contributed by atoms with Gasteiger partial charge in [0.15, 0.2) is 0 Å². The summed E-state index contributed by atoms with van der Waals surface area (Å²) in [6, 6.07) is 0. The van der Waals surface area contributed by atoms with E-state index in [1.54, 1.807) is 0 Å². The van der Waals surface area contributed by atoms with Crippen LogP contribution in [0.2, 0.25) is 0 Å². The minimum absolute atomic E-state index is 0.0325. The molecule has 15 heavy (non-hydrogen) atoms. The van der Waals surface area contributed by atoms with Crippen molar-refractivity contribution in [1.29, 1.82) is 0 Å². The van der Waals surface area contributed by atoms with Crippen LogP contribution in [0.1, 0.15) is 32.6 Å². The van der Waals surface area contributed by atoms with Crippen molar-refractivity contribution in [2.45, 2.75) is 38.7 Å². The molecule has 0 radical (unpaired) electrons. The average Bonchev–Trinajstić information content (AvgIpc) is 2.18. The van der Waals surface area contributed by atoms with E-state index >= 15 is 0 Å². The third kappa shape index (κ3) is 1.32. The zero-order chi connectivity index (χ0) is 10.6. The summed E-state index contributed by atoms with van der Waals surface area (Å²) in [7, 11) is 0. The van der Waals surface area contributed by atoms with E-state index in [1.807, 2.05) is 0 Å². The molecular weight excluding hydrogens is 192 g/mol. The number of Topliss-reactive ketones (excluding diaryl/α,β-unsaturated/α-hetero) is 1. The van der Waals surface area contributed by atoms with Gasteiger partial charge in [-0.25, -0.2) is 0 Å². The van der Waals surface area contributed by atoms with Gasteiger partial charge in [-0.2, -0.15) is 0 Å². The predicted molar refractivity (Wildman–Crippen MR) is 53.0 cm³/mol. The number of esters is 1. The van der Waals surface area contributed by atoms with Crippen LogP contribution in [0, 0.1) is 23.7 Å². The number of ether oxygens (including phenoxy) is 1. The van der Waals surface area contributed by atoms with Crippen LogP contribution >= 0.6 is 0 Å². The topological polar surface area (TPSA) is 43.4 Å². The van der Waals surface area contributed by atoms with Gasteiger partial charge in [0.25, 0.3) is 0 Å². The fourth-order valence-electron chi connectivity index (χ4n) is 3.95. The van der Waals surface area contributed by atoms with Gasteiger partial charge in [0.05, 0.1) is 5.92 Å². The molecule has 0 spiro atoms. The lowest BCUT2D eigenvalue weighted by Gasteiger charge is -2.52. The number of carbonyl (C=O) groups is 2. The maximum absolute atomic E-state index is 12.0. The molecule has 5 atom stereocenters. The third-order valence-electron chi connectivity index (χ3n) is 4.36. The van der Waals surface area contributed by atoms with Crippen LogP contribution in [0.25, 0.3) is 0 Å². The molecule has 0 unspecified atom stereocenters. The summed E-state index contributed by atoms with van der Waals surface area (Å²) in [5.41, 5.74) is 0. The molecule has 4 rings (SSSR count). The summed E-state index contributed by atoms with van der Waals surface area (Å²) in [4.78, 5) is 23.0. The third-order valence-corrected chi connectivity index (χ3v) is 4.36. The Hall–Kier alpha value is -0.860. The summed E-state index contributed by atoms with van der Waals surface area (Å²) in [5, 5.41) is 0. The van der Waals surface area contributed by atoms with Crippen LogP contribution in [-0.2, 0) is 14.3 Å². The van der Waals surface area contributed by atoms with Gasteiger partial charge in [-0.05, 0) is 37.5 Å². The normalized spacial score (nSPS) is 47.0. The molecule has 0 aromatic heterocycles. The SMILES string of the molecule is CC(=O)O[C@@H]1[C@H]2C[C@@H]3C[C@H](C2)C(=O)[C@H]1C3. The van der Waals surface area contributed by atoms with E-state index in [2.05, 4.69) is 0 Å². The molecule has 0 aliphatic heterocycles. The van der Waals surface area contributed by atoms with Crippen molar-refractivity contribution >= 4 is 11.8 Å². The highest BCUT2D eigenvalue weighted by molar-refractivity contribution is 5.86. The number of carbonyl (C=O) groups excluding carboxylic acids is 2. The highest BCUT2D eigenvalue weighted by atomic mass is 16.5. The molecule has 0 heterocycles. The van der Waals surface area contributed by atoms with E-state index in [0.29, 0.717) is 17.6 Å². The maximum atomic E-state index is 12.0. The van der Waals surface area contributed by atoms with Crippen LogP contribution in [0.4, 0.5) is 0 Å². The standard InChI is InChI=1S/C12H16O3/c1-6(13)15-12-9-3-7-2-8(5-9)11(14)10(12)4-7/h7-10,12H,2-5H2,1H3/t7-,8+,9-,10+,12+/m0/s1. The number of hydrogen-bond donors (Lipinski definition) is 0. The molecule has 4 aliphatic rings. The summed E-state index contributed by atoms with van der Waals surface area (Å²) < 4.78 is 5.34. The van der Waals surface area contributed by atoms with Gasteiger partial charge in [0, 0.05) is 12.8 Å². The number of hydrogen-bond acceptors (Lipinski definition) is 3. The number of rotatable bonds is 1. The zero-order valence-corrected chi connectivity index (χ0v) is 8.94. The van der Waals surface area contributed by atoms with Gasteiger partial charge in [0.1, 0.15) is 11.9 Å². The molecule has 0 aromatic carbocycles. The van der Waals surface area contributed by atoms with Crippen LogP contribution in [0.5, 0.6) is 0 Å². The molecule has 0 aromatic rings. The van der Waals surface area contributed by atoms with Crippen LogP contribution in [-0.4, -0.2) is 17.9 Å². The van der Waals surface area contributed by atoms with Gasteiger partial charge in [-0.3, -0.25) is 9.59 Å². The van der Waals surface area contributed by atoms with E-state index in [-0.39, 0.29) is 18.0 Å². The highest BCUT2D eigenvalue weighted by Gasteiger charge is 2.54. The Bertz CT molecular complexity index is 323. The van der Waals surface area contributed by atoms with E-state index in [1.165, 1.54) is 6.92 Å². The fourth-order valence-corrected chi connectivity index (χ4v) is 3.95. The first kappa shape index (κ1) is 9.37. The summed E-state index contributed by atoms with van der Waals surface area (Å²) in [6.45, 7) is 1.44. The quantitative estimate of drug-likeness (QED) is 0.614. The van der Waals surface area contributed by atoms with Crippen molar-refractivity contribution < 1.29 is 14.3 Å². The van der Waals surface area contributed by atoms with E-state index in [4.69, 9.17) is 4.74 Å². The maximum Gasteiger partial charge on any atom is 0.302 e. The second kappa shape index (κ2) is 3.06. The van der Waals surface area contributed by atoms with Gasteiger partial charge in [-0.1, -0.05) is 0 Å². The highest BCUT2D eigenvalue weighted by Crippen LogP contribution is 2.52. The Balaban J connectivity index is 1.85. The van der Waals surface area contributed by atoms with Crippen LogP contribution in [0.15, 0.2) is 0 Å². The summed E-state index contributed by atoms with van der Waals surface area (Å²) >= 11 is 0. The molecular formula is C12H16O3. The molecule has 0 N–H and O–H groups in total. The smallest absolute Gasteiger partial charge is 0.302 e. The van der Waals surface area contributed by atoms with E-state index < -0.39 is 0 Å². The second-order valence-corrected chi connectivity index (χ2v) is 5.35. The Morgan fingerprint density at radius 2 is 2.07 bits per heavy atom. The zero-order valence-electron chi connectivity index (χ0n) is 8.94. The van der Waals surface area contributed by atoms with Gasteiger partial charge >= 0.3 is 5.97 Å². The lowest BCUT2D eigenvalue weighted by atomic mass is 9.54. The lowest BCUT2D eigenvalue weighted by molar-refractivity contribution is -0.173. The summed E-state index contributed by atoms with van der Waals surface area (Å²) in [5.74, 6) is 1.65. The van der Waals surface area contributed by atoms with Crippen molar-refractivity contribution in [2.75, 3.05) is 0 Å². The first-order valence-electron chi connectivity index (χ1n) is 5.86. The van der Waals surface area contributed by atoms with E-state index in [0.717, 1.165) is 31.6 Å². The molecule has 4 fully saturated rings. The molecule has 4 aliphatic carbocycles. The average molecular weight is 208 g/mol. The largest absolute Gasteiger partial charge is 0.461 e. The summed E-state index contributed by atoms with van der Waals surface area (Å²) in [6.07, 6.45) is 4.09. The number of ketones is 1. The molecule has 3 heteroatoms. The Kier molecular flexibility index (Phi) is 1.91. The second-order valence-electron chi connectivity index (χ2n) is 5.35. The monoisotopic (exact) mass is 208 g/mol. The van der Waals surface area contributed by atoms with E-state index in [9.17, 15) is 9.59 Å². The van der Waals surface area contributed by atoms with Crippen molar-refractivity contribution in [3.05, 3.63) is 0 Å². The first-order chi connectivity index (χ1) is 7.15. The van der Waals surface area contributed by atoms with Gasteiger partial charge < -0.3 is 4.74 Å². The van der Waals surface area contributed by atoms with Crippen LogP contribution < -0.4 is 0 Å². The van der Waals surface area contributed by atoms with Crippen LogP contribution in [0.3, 0.4) is 0 Å². The predicted octanol–water partition coefficient (Wildman–Crippen LogP) is 1.55.